The monoisotopic (exact) mass is 291 g/mol. The van der Waals surface area contributed by atoms with Crippen molar-refractivity contribution in [1.29, 1.82) is 0 Å². The molecule has 0 aromatic carbocycles. The van der Waals surface area contributed by atoms with Crippen LogP contribution in [-0.2, 0) is 16.0 Å². The molecule has 4 heteroatoms. The highest BCUT2D eigenvalue weighted by Crippen LogP contribution is 2.35. The Kier molecular flexibility index (Phi) is 4.78. The van der Waals surface area contributed by atoms with Crippen molar-refractivity contribution in [2.24, 2.45) is 5.92 Å². The van der Waals surface area contributed by atoms with Crippen molar-refractivity contribution in [3.8, 4) is 0 Å². The maximum Gasteiger partial charge on any atom is 0.118 e. The fraction of sp³-hybridized carbons (Fsp3) is 0.647. The first-order valence-electron chi connectivity index (χ1n) is 7.87. The Bertz CT molecular complexity index is 470. The van der Waals surface area contributed by atoms with Gasteiger partial charge in [-0.2, -0.15) is 0 Å². The Morgan fingerprint density at radius 1 is 1.43 bits per heavy atom. The molecule has 0 N–H and O–H groups in total. The highest BCUT2D eigenvalue weighted by Gasteiger charge is 2.42. The third-order valence-electron chi connectivity index (χ3n) is 4.56. The summed E-state index contributed by atoms with van der Waals surface area (Å²) in [5.74, 6) is 2.55. The number of hydrogen-bond acceptors (Lipinski definition) is 4. The molecule has 1 aromatic heterocycles. The lowest BCUT2D eigenvalue weighted by molar-refractivity contribution is -0.0882. The fourth-order valence-corrected chi connectivity index (χ4v) is 3.58. The molecule has 0 amide bonds. The third-order valence-corrected chi connectivity index (χ3v) is 4.56. The summed E-state index contributed by atoms with van der Waals surface area (Å²) in [6.45, 7) is 9.77. The van der Waals surface area contributed by atoms with E-state index in [1.54, 1.807) is 6.08 Å². The van der Waals surface area contributed by atoms with E-state index >= 15 is 0 Å². The van der Waals surface area contributed by atoms with Crippen LogP contribution in [0.3, 0.4) is 0 Å². The van der Waals surface area contributed by atoms with Crippen molar-refractivity contribution >= 4 is 0 Å². The number of aryl methyl sites for hydroxylation is 1. The number of ether oxygens (including phenoxy) is 2. The molecule has 1 saturated heterocycles. The summed E-state index contributed by atoms with van der Waals surface area (Å²) in [4.78, 5) is 2.51. The van der Waals surface area contributed by atoms with Gasteiger partial charge in [-0.15, -0.1) is 6.58 Å². The van der Waals surface area contributed by atoms with Crippen LogP contribution in [0.5, 0.6) is 0 Å². The zero-order chi connectivity index (χ0) is 14.7. The molecule has 4 nitrogen and oxygen atoms in total. The van der Waals surface area contributed by atoms with Gasteiger partial charge >= 0.3 is 0 Å². The lowest BCUT2D eigenvalue weighted by Gasteiger charge is -2.38. The average Bonchev–Trinajstić information content (AvgIpc) is 3.07. The molecule has 0 bridgehead atoms. The molecule has 2 aliphatic rings. The molecule has 3 rings (SSSR count). The SMILES string of the molecule is C=CCOC[C@@H]1CC[C@@H]2[C@H]1OCCN2Cc1ccc(C)o1. The first-order valence-corrected chi connectivity index (χ1v) is 7.87. The highest BCUT2D eigenvalue weighted by molar-refractivity contribution is 5.06. The first-order chi connectivity index (χ1) is 10.3. The Hall–Kier alpha value is -1.10. The van der Waals surface area contributed by atoms with E-state index in [0.717, 1.165) is 37.8 Å². The zero-order valence-electron chi connectivity index (χ0n) is 12.8. The number of nitrogens with zero attached hydrogens (tertiary/aromatic N) is 1. The molecule has 1 aromatic rings. The largest absolute Gasteiger partial charge is 0.465 e. The third kappa shape index (κ3) is 3.39. The molecule has 0 unspecified atom stereocenters. The van der Waals surface area contributed by atoms with Crippen molar-refractivity contribution in [3.63, 3.8) is 0 Å². The molecule has 0 spiro atoms. The van der Waals surface area contributed by atoms with Crippen LogP contribution in [0.4, 0.5) is 0 Å². The van der Waals surface area contributed by atoms with Crippen LogP contribution in [0.1, 0.15) is 24.4 Å². The van der Waals surface area contributed by atoms with Gasteiger partial charge in [-0.3, -0.25) is 4.90 Å². The van der Waals surface area contributed by atoms with E-state index in [4.69, 9.17) is 13.9 Å². The molecule has 0 radical (unpaired) electrons. The molecule has 2 heterocycles. The Labute approximate surface area is 126 Å². The van der Waals surface area contributed by atoms with E-state index in [2.05, 4.69) is 17.5 Å². The summed E-state index contributed by atoms with van der Waals surface area (Å²) in [5.41, 5.74) is 0. The van der Waals surface area contributed by atoms with Crippen molar-refractivity contribution in [2.75, 3.05) is 26.4 Å². The standard InChI is InChI=1S/C17H25NO3/c1-3-9-19-12-14-5-7-16-17(14)20-10-8-18(16)11-15-6-4-13(2)21-15/h3-4,6,14,16-17H,1,5,7-12H2,2H3/t14-,16+,17-/m0/s1. The van der Waals surface area contributed by atoms with Gasteiger partial charge < -0.3 is 13.9 Å². The lowest BCUT2D eigenvalue weighted by atomic mass is 10.0. The van der Waals surface area contributed by atoms with E-state index in [9.17, 15) is 0 Å². The van der Waals surface area contributed by atoms with Crippen LogP contribution < -0.4 is 0 Å². The zero-order valence-corrected chi connectivity index (χ0v) is 12.8. The predicted molar refractivity (Wildman–Crippen MR) is 81.1 cm³/mol. The van der Waals surface area contributed by atoms with Gasteiger partial charge in [0.1, 0.15) is 11.5 Å². The second-order valence-corrected chi connectivity index (χ2v) is 6.05. The van der Waals surface area contributed by atoms with E-state index in [1.165, 1.54) is 12.8 Å². The summed E-state index contributed by atoms with van der Waals surface area (Å²) in [5, 5.41) is 0. The minimum atomic E-state index is 0.305. The van der Waals surface area contributed by atoms with Gasteiger partial charge in [0.15, 0.2) is 0 Å². The van der Waals surface area contributed by atoms with Crippen LogP contribution in [-0.4, -0.2) is 43.4 Å². The van der Waals surface area contributed by atoms with Crippen molar-refractivity contribution in [2.45, 2.75) is 38.5 Å². The van der Waals surface area contributed by atoms with Gasteiger partial charge in [0.2, 0.25) is 0 Å². The van der Waals surface area contributed by atoms with Crippen LogP contribution in [0, 0.1) is 12.8 Å². The molecular formula is C17H25NO3. The fourth-order valence-electron chi connectivity index (χ4n) is 3.58. The van der Waals surface area contributed by atoms with Crippen LogP contribution >= 0.6 is 0 Å². The first kappa shape index (κ1) is 14.8. The van der Waals surface area contributed by atoms with E-state index < -0.39 is 0 Å². The summed E-state index contributed by atoms with van der Waals surface area (Å²) >= 11 is 0. The summed E-state index contributed by atoms with van der Waals surface area (Å²) in [6, 6.07) is 4.62. The van der Waals surface area contributed by atoms with Crippen LogP contribution in [0.25, 0.3) is 0 Å². The molecule has 1 saturated carbocycles. The minimum absolute atomic E-state index is 0.305. The number of hydrogen-bond donors (Lipinski definition) is 0. The quantitative estimate of drug-likeness (QED) is 0.596. The molecule has 2 fully saturated rings. The predicted octanol–water partition coefficient (Wildman–Crippen LogP) is 2.77. The number of fused-ring (bicyclic) bond motifs is 1. The van der Waals surface area contributed by atoms with Gasteiger partial charge in [0.05, 0.1) is 32.5 Å². The number of furan rings is 1. The topological polar surface area (TPSA) is 34.8 Å². The van der Waals surface area contributed by atoms with Crippen molar-refractivity contribution < 1.29 is 13.9 Å². The molecule has 116 valence electrons. The maximum atomic E-state index is 6.04. The second kappa shape index (κ2) is 6.77. The second-order valence-electron chi connectivity index (χ2n) is 6.05. The van der Waals surface area contributed by atoms with Crippen molar-refractivity contribution in [1.82, 2.24) is 4.90 Å². The van der Waals surface area contributed by atoms with Gasteiger partial charge in [0, 0.05) is 18.5 Å². The summed E-state index contributed by atoms with van der Waals surface area (Å²) < 4.78 is 17.4. The van der Waals surface area contributed by atoms with Gasteiger partial charge in [0.25, 0.3) is 0 Å². The minimum Gasteiger partial charge on any atom is -0.465 e. The van der Waals surface area contributed by atoms with Gasteiger partial charge in [-0.05, 0) is 31.9 Å². The Morgan fingerprint density at radius 3 is 3.10 bits per heavy atom. The Balaban J connectivity index is 1.59. The molecule has 21 heavy (non-hydrogen) atoms. The summed E-state index contributed by atoms with van der Waals surface area (Å²) in [6.07, 6.45) is 4.48. The van der Waals surface area contributed by atoms with Crippen LogP contribution in [0.15, 0.2) is 29.2 Å². The normalized spacial score (nSPS) is 29.5. The lowest BCUT2D eigenvalue weighted by Crippen LogP contribution is -2.50. The summed E-state index contributed by atoms with van der Waals surface area (Å²) in [7, 11) is 0. The number of morpholine rings is 1. The molecule has 3 atom stereocenters. The highest BCUT2D eigenvalue weighted by atomic mass is 16.5. The van der Waals surface area contributed by atoms with E-state index in [0.29, 0.717) is 24.7 Å². The van der Waals surface area contributed by atoms with E-state index in [-0.39, 0.29) is 0 Å². The molecule has 1 aliphatic carbocycles. The Morgan fingerprint density at radius 2 is 2.33 bits per heavy atom. The average molecular weight is 291 g/mol. The maximum absolute atomic E-state index is 6.04. The van der Waals surface area contributed by atoms with Crippen molar-refractivity contribution in [3.05, 3.63) is 36.3 Å². The molecule has 1 aliphatic heterocycles. The number of rotatable bonds is 6. The van der Waals surface area contributed by atoms with Gasteiger partial charge in [-0.25, -0.2) is 0 Å². The van der Waals surface area contributed by atoms with Crippen LogP contribution in [0.2, 0.25) is 0 Å². The molecular weight excluding hydrogens is 266 g/mol. The van der Waals surface area contributed by atoms with E-state index in [1.807, 2.05) is 13.0 Å². The smallest absolute Gasteiger partial charge is 0.118 e. The van der Waals surface area contributed by atoms with Gasteiger partial charge in [-0.1, -0.05) is 6.08 Å².